The van der Waals surface area contributed by atoms with Gasteiger partial charge in [0.1, 0.15) is 0 Å². The predicted octanol–water partition coefficient (Wildman–Crippen LogP) is 3.80. The number of rotatable bonds is 4. The summed E-state index contributed by atoms with van der Waals surface area (Å²) < 4.78 is 0. The predicted molar refractivity (Wildman–Crippen MR) is 80.5 cm³/mol. The van der Waals surface area contributed by atoms with Gasteiger partial charge in [-0.3, -0.25) is 0 Å². The molecular weight excluding hydrogens is 232 g/mol. The Morgan fingerprint density at radius 1 is 0.947 bits per heavy atom. The van der Waals surface area contributed by atoms with E-state index in [1.807, 2.05) is 0 Å². The van der Waals surface area contributed by atoms with E-state index in [0.29, 0.717) is 0 Å². The number of aliphatic hydroxyl groups excluding tert-OH is 1. The van der Waals surface area contributed by atoms with Crippen molar-refractivity contribution in [2.75, 3.05) is 6.61 Å². The molecule has 2 aromatic carbocycles. The summed E-state index contributed by atoms with van der Waals surface area (Å²) in [5.74, 6) is 0. The van der Waals surface area contributed by atoms with Crippen LogP contribution in [0.5, 0.6) is 0 Å². The Kier molecular flexibility index (Phi) is 4.06. The molecule has 1 atom stereocenters. The fraction of sp³-hybridized carbons (Fsp3) is 0.333. The Labute approximate surface area is 115 Å². The lowest BCUT2D eigenvalue weighted by Crippen LogP contribution is -2.29. The van der Waals surface area contributed by atoms with E-state index in [9.17, 15) is 5.11 Å². The molecule has 19 heavy (non-hydrogen) atoms. The van der Waals surface area contributed by atoms with Crippen LogP contribution in [0.25, 0.3) is 0 Å². The van der Waals surface area contributed by atoms with Crippen molar-refractivity contribution in [1.29, 1.82) is 0 Å². The largest absolute Gasteiger partial charge is 0.395 e. The molecule has 100 valence electrons. The van der Waals surface area contributed by atoms with Gasteiger partial charge in [0, 0.05) is 5.41 Å². The molecule has 0 fully saturated rings. The molecule has 0 aliphatic carbocycles. The van der Waals surface area contributed by atoms with Crippen LogP contribution in [0.1, 0.15) is 29.2 Å². The van der Waals surface area contributed by atoms with Crippen LogP contribution < -0.4 is 0 Å². The van der Waals surface area contributed by atoms with Crippen molar-refractivity contribution in [2.45, 2.75) is 32.6 Å². The topological polar surface area (TPSA) is 20.2 Å². The lowest BCUT2D eigenvalue weighted by Gasteiger charge is -2.29. The highest BCUT2D eigenvalue weighted by Gasteiger charge is 2.26. The zero-order valence-corrected chi connectivity index (χ0v) is 12.0. The van der Waals surface area contributed by atoms with Gasteiger partial charge in [0.2, 0.25) is 0 Å². The van der Waals surface area contributed by atoms with Gasteiger partial charge < -0.3 is 5.11 Å². The Morgan fingerprint density at radius 2 is 1.58 bits per heavy atom. The number of hydrogen-bond acceptors (Lipinski definition) is 1. The number of aryl methyl sites for hydroxylation is 2. The summed E-state index contributed by atoms with van der Waals surface area (Å²) in [5, 5.41) is 9.86. The Morgan fingerprint density at radius 3 is 2.16 bits per heavy atom. The second kappa shape index (κ2) is 5.58. The molecule has 0 heterocycles. The normalized spacial score (nSPS) is 14.1. The highest BCUT2D eigenvalue weighted by molar-refractivity contribution is 5.34. The van der Waals surface area contributed by atoms with Gasteiger partial charge in [0.05, 0.1) is 6.61 Å². The zero-order valence-electron chi connectivity index (χ0n) is 12.0. The lowest BCUT2D eigenvalue weighted by atomic mass is 9.77. The van der Waals surface area contributed by atoms with Crippen molar-refractivity contribution in [1.82, 2.24) is 0 Å². The molecule has 1 N–H and O–H groups in total. The standard InChI is InChI=1S/C18H22O/c1-14-8-10-17(11-9-14)18(3,13-19)12-16-7-5-4-6-15(16)2/h4-11,19H,12-13H2,1-3H3. The maximum atomic E-state index is 9.86. The van der Waals surface area contributed by atoms with Gasteiger partial charge in [-0.2, -0.15) is 0 Å². The third kappa shape index (κ3) is 3.05. The Hall–Kier alpha value is -1.60. The average Bonchev–Trinajstić information content (AvgIpc) is 2.42. The zero-order chi connectivity index (χ0) is 13.9. The number of hydrogen-bond donors (Lipinski definition) is 1. The molecule has 1 unspecified atom stereocenters. The first-order valence-electron chi connectivity index (χ1n) is 6.78. The molecular formula is C18H22O. The molecule has 0 aliphatic heterocycles. The SMILES string of the molecule is Cc1ccc(C(C)(CO)Cc2ccccc2C)cc1. The average molecular weight is 254 g/mol. The van der Waals surface area contributed by atoms with Crippen molar-refractivity contribution in [3.8, 4) is 0 Å². The van der Waals surface area contributed by atoms with Crippen molar-refractivity contribution in [3.05, 3.63) is 70.8 Å². The second-order valence-electron chi connectivity index (χ2n) is 5.69. The van der Waals surface area contributed by atoms with Crippen LogP contribution in [0.3, 0.4) is 0 Å². The molecule has 2 aromatic rings. The third-order valence-corrected chi connectivity index (χ3v) is 3.94. The van der Waals surface area contributed by atoms with E-state index in [4.69, 9.17) is 0 Å². The van der Waals surface area contributed by atoms with Crippen molar-refractivity contribution in [2.24, 2.45) is 0 Å². The first-order chi connectivity index (χ1) is 9.05. The van der Waals surface area contributed by atoms with E-state index in [1.165, 1.54) is 22.3 Å². The summed E-state index contributed by atoms with van der Waals surface area (Å²) >= 11 is 0. The first kappa shape index (κ1) is 13.8. The van der Waals surface area contributed by atoms with Gasteiger partial charge >= 0.3 is 0 Å². The maximum absolute atomic E-state index is 9.86. The van der Waals surface area contributed by atoms with Crippen LogP contribution in [0, 0.1) is 13.8 Å². The molecule has 0 aliphatic rings. The molecule has 0 bridgehead atoms. The lowest BCUT2D eigenvalue weighted by molar-refractivity contribution is 0.204. The minimum absolute atomic E-state index is 0.157. The van der Waals surface area contributed by atoms with Gasteiger partial charge in [0.25, 0.3) is 0 Å². The van der Waals surface area contributed by atoms with E-state index >= 15 is 0 Å². The molecule has 0 spiro atoms. The minimum Gasteiger partial charge on any atom is -0.395 e. The molecule has 0 saturated heterocycles. The second-order valence-corrected chi connectivity index (χ2v) is 5.69. The number of benzene rings is 2. The maximum Gasteiger partial charge on any atom is 0.0528 e. The highest BCUT2D eigenvalue weighted by Crippen LogP contribution is 2.29. The van der Waals surface area contributed by atoms with Crippen LogP contribution in [0.2, 0.25) is 0 Å². The van der Waals surface area contributed by atoms with Gasteiger partial charge in [-0.25, -0.2) is 0 Å². The molecule has 1 heteroatoms. The van der Waals surface area contributed by atoms with Gasteiger partial charge in [-0.05, 0) is 37.0 Å². The van der Waals surface area contributed by atoms with Crippen molar-refractivity contribution in [3.63, 3.8) is 0 Å². The van der Waals surface area contributed by atoms with Crippen molar-refractivity contribution < 1.29 is 5.11 Å². The van der Waals surface area contributed by atoms with Gasteiger partial charge in [-0.1, -0.05) is 61.0 Å². The van der Waals surface area contributed by atoms with Crippen LogP contribution in [0.4, 0.5) is 0 Å². The summed E-state index contributed by atoms with van der Waals surface area (Å²) in [6.45, 7) is 6.50. The quantitative estimate of drug-likeness (QED) is 0.880. The van der Waals surface area contributed by atoms with Gasteiger partial charge in [-0.15, -0.1) is 0 Å². The smallest absolute Gasteiger partial charge is 0.0528 e. The molecule has 0 aromatic heterocycles. The summed E-state index contributed by atoms with van der Waals surface area (Å²) in [4.78, 5) is 0. The van der Waals surface area contributed by atoms with E-state index in [2.05, 4.69) is 69.3 Å². The molecule has 0 saturated carbocycles. The van der Waals surface area contributed by atoms with Crippen LogP contribution in [-0.2, 0) is 11.8 Å². The molecule has 2 rings (SSSR count). The molecule has 1 nitrogen and oxygen atoms in total. The Bertz CT molecular complexity index is 542. The van der Waals surface area contributed by atoms with Crippen LogP contribution >= 0.6 is 0 Å². The molecule has 0 radical (unpaired) electrons. The highest BCUT2D eigenvalue weighted by atomic mass is 16.3. The van der Waals surface area contributed by atoms with Crippen molar-refractivity contribution >= 4 is 0 Å². The van der Waals surface area contributed by atoms with Crippen LogP contribution in [-0.4, -0.2) is 11.7 Å². The summed E-state index contributed by atoms with van der Waals surface area (Å²) in [6, 6.07) is 16.9. The first-order valence-corrected chi connectivity index (χ1v) is 6.78. The fourth-order valence-corrected chi connectivity index (χ4v) is 2.43. The van der Waals surface area contributed by atoms with Crippen LogP contribution in [0.15, 0.2) is 48.5 Å². The number of aliphatic hydroxyl groups is 1. The van der Waals surface area contributed by atoms with E-state index in [0.717, 1.165) is 6.42 Å². The monoisotopic (exact) mass is 254 g/mol. The summed E-state index contributed by atoms with van der Waals surface area (Å²) in [6.07, 6.45) is 0.860. The summed E-state index contributed by atoms with van der Waals surface area (Å²) in [5.41, 5.74) is 4.82. The van der Waals surface area contributed by atoms with Gasteiger partial charge in [0.15, 0.2) is 0 Å². The minimum atomic E-state index is -0.222. The summed E-state index contributed by atoms with van der Waals surface area (Å²) in [7, 11) is 0. The molecule has 0 amide bonds. The fourth-order valence-electron chi connectivity index (χ4n) is 2.43. The van der Waals surface area contributed by atoms with E-state index in [1.54, 1.807) is 0 Å². The third-order valence-electron chi connectivity index (χ3n) is 3.94. The Balaban J connectivity index is 2.33. The van der Waals surface area contributed by atoms with E-state index < -0.39 is 0 Å². The van der Waals surface area contributed by atoms with E-state index in [-0.39, 0.29) is 12.0 Å².